The van der Waals surface area contributed by atoms with Gasteiger partial charge in [0.05, 0.1) is 12.7 Å². The number of hydrogen-bond donors (Lipinski definition) is 5. The first-order valence-electron chi connectivity index (χ1n) is 11.3. The lowest BCUT2D eigenvalue weighted by atomic mass is 9.94. The molecule has 3 rings (SSSR count). The van der Waals surface area contributed by atoms with E-state index in [4.69, 9.17) is 24.9 Å². The van der Waals surface area contributed by atoms with Gasteiger partial charge in [-0.25, -0.2) is 9.36 Å². The molecule has 5 N–H and O–H groups in total. The molecule has 7 atom stereocenters. The quantitative estimate of drug-likeness (QED) is 0.158. The van der Waals surface area contributed by atoms with Crippen molar-refractivity contribution in [3.05, 3.63) is 42.6 Å². The molecule has 2 aliphatic heterocycles. The van der Waals surface area contributed by atoms with Crippen LogP contribution in [0.15, 0.2) is 42.6 Å². The van der Waals surface area contributed by atoms with Gasteiger partial charge in [-0.2, -0.15) is 5.09 Å². The van der Waals surface area contributed by atoms with Gasteiger partial charge in [0, 0.05) is 6.20 Å². The van der Waals surface area contributed by atoms with Crippen LogP contribution in [0, 0.1) is 12.3 Å². The summed E-state index contributed by atoms with van der Waals surface area (Å²) in [4.78, 5) is 25.5. The molecule has 0 bridgehead atoms. The third-order valence-electron chi connectivity index (χ3n) is 5.34. The molecule has 1 aromatic rings. The second-order valence-electron chi connectivity index (χ2n) is 8.62. The Morgan fingerprint density at radius 3 is 2.59 bits per heavy atom. The predicted octanol–water partition coefficient (Wildman–Crippen LogP) is 0.427. The van der Waals surface area contributed by atoms with Crippen LogP contribution in [-0.4, -0.2) is 81.2 Å². The van der Waals surface area contributed by atoms with Crippen LogP contribution in [0.5, 0.6) is 5.75 Å². The van der Waals surface area contributed by atoms with Gasteiger partial charge in [-0.15, -0.1) is 6.42 Å². The number of amides is 2. The Bertz CT molecular complexity index is 1090. The van der Waals surface area contributed by atoms with Gasteiger partial charge in [0.2, 0.25) is 0 Å². The largest absolute Gasteiger partial charge is 0.462 e. The predicted molar refractivity (Wildman–Crippen MR) is 128 cm³/mol. The summed E-state index contributed by atoms with van der Waals surface area (Å²) in [6.45, 7) is 4.08. The molecule has 0 radical (unpaired) electrons. The molecule has 1 aromatic carbocycles. The van der Waals surface area contributed by atoms with E-state index in [1.807, 2.05) is 5.92 Å². The zero-order valence-electron chi connectivity index (χ0n) is 20.4. The number of carbonyl (C=O) groups is 2. The van der Waals surface area contributed by atoms with Crippen LogP contribution in [0.1, 0.15) is 20.8 Å². The smallest absolute Gasteiger partial charge is 0.459 e. The van der Waals surface area contributed by atoms with E-state index in [1.165, 1.54) is 25.1 Å². The van der Waals surface area contributed by atoms with Crippen LogP contribution in [-0.2, 0) is 23.4 Å². The molecule has 0 spiro atoms. The summed E-state index contributed by atoms with van der Waals surface area (Å²) in [5.41, 5.74) is -2.38. The normalized spacial score (nSPS) is 29.8. The molecular weight excluding hydrogens is 509 g/mol. The molecule has 0 aliphatic carbocycles. The highest BCUT2D eigenvalue weighted by molar-refractivity contribution is 7.52. The zero-order valence-corrected chi connectivity index (χ0v) is 21.3. The Hall–Kier alpha value is -2.95. The molecule has 13 nitrogen and oxygen atoms in total. The monoisotopic (exact) mass is 539 g/mol. The fourth-order valence-corrected chi connectivity index (χ4v) is 5.02. The number of esters is 1. The Morgan fingerprint density at radius 1 is 1.32 bits per heavy atom. The topological polar surface area (TPSA) is 176 Å². The molecule has 2 aliphatic rings. The minimum atomic E-state index is -4.31. The van der Waals surface area contributed by atoms with Crippen molar-refractivity contribution in [1.29, 1.82) is 0 Å². The van der Waals surface area contributed by atoms with Crippen molar-refractivity contribution in [3.8, 4) is 18.1 Å². The van der Waals surface area contributed by atoms with Crippen LogP contribution in [0.3, 0.4) is 0 Å². The van der Waals surface area contributed by atoms with Gasteiger partial charge >= 0.3 is 19.7 Å². The van der Waals surface area contributed by atoms with Crippen LogP contribution in [0.4, 0.5) is 4.79 Å². The van der Waals surface area contributed by atoms with Gasteiger partial charge in [0.15, 0.2) is 11.8 Å². The van der Waals surface area contributed by atoms with Crippen molar-refractivity contribution in [1.82, 2.24) is 15.3 Å². The van der Waals surface area contributed by atoms with Crippen LogP contribution >= 0.6 is 7.75 Å². The van der Waals surface area contributed by atoms with Crippen molar-refractivity contribution < 1.29 is 48.0 Å². The zero-order chi connectivity index (χ0) is 27.4. The third kappa shape index (κ3) is 6.68. The Labute approximate surface area is 213 Å². The molecule has 1 fully saturated rings. The van der Waals surface area contributed by atoms with Gasteiger partial charge in [-0.3, -0.25) is 14.2 Å². The lowest BCUT2D eigenvalue weighted by molar-refractivity contribution is -0.149. The molecule has 2 unspecified atom stereocenters. The van der Waals surface area contributed by atoms with Gasteiger partial charge in [0.25, 0.3) is 0 Å². The van der Waals surface area contributed by atoms with Crippen molar-refractivity contribution in [2.75, 3.05) is 6.61 Å². The number of para-hydroxylation sites is 1. The number of nitrogens with zero attached hydrogens (tertiary/aromatic N) is 1. The number of aliphatic hydroxyl groups excluding tert-OH is 2. The first-order chi connectivity index (χ1) is 17.4. The van der Waals surface area contributed by atoms with Crippen molar-refractivity contribution in [2.45, 2.75) is 63.2 Å². The van der Waals surface area contributed by atoms with E-state index in [2.05, 4.69) is 10.4 Å². The lowest BCUT2D eigenvalue weighted by Crippen LogP contribution is -2.58. The average molecular weight is 539 g/mol. The molecule has 1 saturated heterocycles. The van der Waals surface area contributed by atoms with E-state index in [0.29, 0.717) is 0 Å². The summed E-state index contributed by atoms with van der Waals surface area (Å²) >= 11 is 0. The van der Waals surface area contributed by atoms with E-state index < -0.39 is 68.8 Å². The van der Waals surface area contributed by atoms with E-state index in [1.54, 1.807) is 32.0 Å². The third-order valence-corrected chi connectivity index (χ3v) is 6.98. The molecule has 202 valence electrons. The second-order valence-corrected chi connectivity index (χ2v) is 10.3. The van der Waals surface area contributed by atoms with Gasteiger partial charge in [0.1, 0.15) is 30.2 Å². The summed E-state index contributed by atoms with van der Waals surface area (Å²) < 4.78 is 35.4. The van der Waals surface area contributed by atoms with Gasteiger partial charge < -0.3 is 34.6 Å². The van der Waals surface area contributed by atoms with Gasteiger partial charge in [-0.05, 0) is 39.0 Å². The summed E-state index contributed by atoms with van der Waals surface area (Å²) in [6, 6.07) is 6.03. The summed E-state index contributed by atoms with van der Waals surface area (Å²) in [5.74, 6) is 1.48. The van der Waals surface area contributed by atoms with E-state index >= 15 is 0 Å². The highest BCUT2D eigenvalue weighted by atomic mass is 31.2. The van der Waals surface area contributed by atoms with Gasteiger partial charge in [-0.1, -0.05) is 24.1 Å². The minimum Gasteiger partial charge on any atom is -0.462 e. The summed E-state index contributed by atoms with van der Waals surface area (Å²) in [7, 11) is -4.31. The van der Waals surface area contributed by atoms with Crippen LogP contribution < -0.4 is 14.9 Å². The number of hydrogen-bond acceptors (Lipinski definition) is 10. The number of urea groups is 1. The van der Waals surface area contributed by atoms with E-state index in [0.717, 1.165) is 11.1 Å². The summed E-state index contributed by atoms with van der Waals surface area (Å²) in [5, 5.41) is 35.9. The number of carbonyl (C=O) groups excluding carboxylic acids is 2. The highest BCUT2D eigenvalue weighted by Crippen LogP contribution is 2.46. The SMILES string of the molecule is C#C[C@@]1(O)[C@H](O)[C@@H](COP(=O)(N[C@@H](C)C(=O)OC(C)C)Oc2ccccc2)O[C@H]1N1C=CC(O)NC1=O. The molecule has 0 saturated carbocycles. The van der Waals surface area contributed by atoms with Crippen molar-refractivity contribution in [2.24, 2.45) is 0 Å². The number of rotatable bonds is 10. The second kappa shape index (κ2) is 11.6. The van der Waals surface area contributed by atoms with Crippen molar-refractivity contribution in [3.63, 3.8) is 0 Å². The average Bonchev–Trinajstić information content (AvgIpc) is 3.08. The maximum atomic E-state index is 13.6. The Morgan fingerprint density at radius 2 is 2.00 bits per heavy atom. The maximum absolute atomic E-state index is 13.6. The number of aliphatic hydroxyl groups is 3. The highest BCUT2D eigenvalue weighted by Gasteiger charge is 2.58. The standard InChI is InChI=1S/C23H30N3O10P/c1-5-23(31)19(28)17(35-21(23)26-12-11-18(27)24-22(26)30)13-33-37(32,36-16-9-7-6-8-10-16)25-15(4)20(29)34-14(2)3/h1,6-12,14-15,17-19,21,27-28,31H,13H2,2-4H3,(H,24,30)(H,25,32)/t15-,17+,18?,19+,21+,23+,37?/m0/s1. The Kier molecular flexibility index (Phi) is 8.99. The first-order valence-corrected chi connectivity index (χ1v) is 12.9. The number of terminal acetylenes is 1. The molecule has 14 heteroatoms. The number of nitrogens with one attached hydrogen (secondary N) is 2. The van der Waals surface area contributed by atoms with Crippen LogP contribution in [0.2, 0.25) is 0 Å². The maximum Gasteiger partial charge on any atom is 0.459 e. The van der Waals surface area contributed by atoms with E-state index in [9.17, 15) is 29.5 Å². The molecule has 37 heavy (non-hydrogen) atoms. The molecular formula is C23H30N3O10P. The van der Waals surface area contributed by atoms with Crippen molar-refractivity contribution >= 4 is 19.7 Å². The first kappa shape index (κ1) is 28.6. The minimum absolute atomic E-state index is 0.155. The number of benzene rings is 1. The van der Waals surface area contributed by atoms with E-state index in [-0.39, 0.29) is 5.75 Å². The fraction of sp³-hybridized carbons (Fsp3) is 0.478. The molecule has 2 heterocycles. The van der Waals surface area contributed by atoms with Crippen LogP contribution in [0.25, 0.3) is 0 Å². The fourth-order valence-electron chi connectivity index (χ4n) is 3.52. The summed E-state index contributed by atoms with van der Waals surface area (Å²) in [6.07, 6.45) is 1.36. The Balaban J connectivity index is 1.79. The lowest BCUT2D eigenvalue weighted by Gasteiger charge is -2.35. The number of ether oxygens (including phenoxy) is 2. The molecule has 2 amide bonds. The molecule has 0 aromatic heterocycles.